The lowest BCUT2D eigenvalue weighted by Gasteiger charge is -2.17. The molecule has 0 N–H and O–H groups in total. The molecule has 0 unspecified atom stereocenters. The Kier molecular flexibility index (Phi) is 2.17. The van der Waals surface area contributed by atoms with E-state index in [1.54, 1.807) is 13.8 Å². The van der Waals surface area contributed by atoms with Crippen LogP contribution in [0.4, 0.5) is 0 Å². The topological polar surface area (TPSA) is 55.7 Å². The minimum atomic E-state index is -3.76. The number of hydrogen-bond donors (Lipinski definition) is 0. The first-order valence-electron chi connectivity index (χ1n) is 4.52. The van der Waals surface area contributed by atoms with Crippen LogP contribution in [-0.2, 0) is 14.5 Å². The van der Waals surface area contributed by atoms with Crippen LogP contribution < -0.4 is 0 Å². The summed E-state index contributed by atoms with van der Waals surface area (Å²) in [5.41, 5.74) is 0.326. The molecule has 4 nitrogen and oxygen atoms in total. The van der Waals surface area contributed by atoms with Crippen LogP contribution in [-0.4, -0.2) is 19.7 Å². The summed E-state index contributed by atoms with van der Waals surface area (Å²) in [6, 6.07) is 9.15. The SMILES string of the molecule is CC1(C)OS(=O)(=O)N=C1c1ccccc1. The van der Waals surface area contributed by atoms with E-state index in [4.69, 9.17) is 4.18 Å². The van der Waals surface area contributed by atoms with Crippen LogP contribution in [0.15, 0.2) is 34.7 Å². The standard InChI is InChI=1S/C10H11NO3S/c1-10(2)9(11-15(12,13)14-10)8-6-4-3-5-7-8/h3-7H,1-2H3. The first-order chi connectivity index (χ1) is 6.91. The summed E-state index contributed by atoms with van der Waals surface area (Å²) in [6.45, 7) is 3.37. The summed E-state index contributed by atoms with van der Waals surface area (Å²) >= 11 is 0. The molecule has 15 heavy (non-hydrogen) atoms. The van der Waals surface area contributed by atoms with Crippen LogP contribution in [0.25, 0.3) is 0 Å². The first-order valence-corrected chi connectivity index (χ1v) is 5.89. The van der Waals surface area contributed by atoms with Crippen molar-refractivity contribution in [3.8, 4) is 0 Å². The third-order valence-electron chi connectivity index (χ3n) is 2.13. The summed E-state index contributed by atoms with van der Waals surface area (Å²) in [5.74, 6) is 0. The summed E-state index contributed by atoms with van der Waals surface area (Å²) in [6.07, 6.45) is 0. The van der Waals surface area contributed by atoms with Gasteiger partial charge in [-0.05, 0) is 19.4 Å². The lowest BCUT2D eigenvalue weighted by atomic mass is 9.96. The Balaban J connectivity index is 2.55. The van der Waals surface area contributed by atoms with Crippen molar-refractivity contribution in [3.63, 3.8) is 0 Å². The highest BCUT2D eigenvalue weighted by atomic mass is 32.2. The van der Waals surface area contributed by atoms with Gasteiger partial charge in [-0.2, -0.15) is 8.42 Å². The third kappa shape index (κ3) is 1.93. The van der Waals surface area contributed by atoms with E-state index in [2.05, 4.69) is 4.40 Å². The van der Waals surface area contributed by atoms with Gasteiger partial charge in [0, 0.05) is 0 Å². The zero-order valence-electron chi connectivity index (χ0n) is 8.47. The minimum absolute atomic E-state index is 0.447. The van der Waals surface area contributed by atoms with Crippen molar-refractivity contribution in [2.24, 2.45) is 4.40 Å². The Labute approximate surface area is 88.9 Å². The third-order valence-corrected chi connectivity index (χ3v) is 3.17. The quantitative estimate of drug-likeness (QED) is 0.728. The van der Waals surface area contributed by atoms with Crippen molar-refractivity contribution in [1.29, 1.82) is 0 Å². The summed E-state index contributed by atoms with van der Waals surface area (Å²) in [7, 11) is -3.76. The Morgan fingerprint density at radius 1 is 1.20 bits per heavy atom. The van der Waals surface area contributed by atoms with Crippen molar-refractivity contribution in [2.45, 2.75) is 19.4 Å². The molecule has 0 amide bonds. The zero-order valence-corrected chi connectivity index (χ0v) is 9.28. The Hall–Kier alpha value is -1.20. The molecule has 1 aromatic rings. The molecule has 2 rings (SSSR count). The highest BCUT2D eigenvalue weighted by Gasteiger charge is 2.40. The average molecular weight is 225 g/mol. The van der Waals surface area contributed by atoms with Crippen molar-refractivity contribution < 1.29 is 12.6 Å². The second-order valence-electron chi connectivity index (χ2n) is 3.83. The van der Waals surface area contributed by atoms with Crippen LogP contribution in [0, 0.1) is 0 Å². The van der Waals surface area contributed by atoms with Crippen LogP contribution in [0.1, 0.15) is 19.4 Å². The molecule has 1 aromatic carbocycles. The van der Waals surface area contributed by atoms with Crippen LogP contribution in [0.2, 0.25) is 0 Å². The average Bonchev–Trinajstić information content (AvgIpc) is 2.36. The molecule has 5 heteroatoms. The van der Waals surface area contributed by atoms with Gasteiger partial charge in [0.1, 0.15) is 5.60 Å². The van der Waals surface area contributed by atoms with E-state index in [1.807, 2.05) is 30.3 Å². The molecule has 0 radical (unpaired) electrons. The van der Waals surface area contributed by atoms with E-state index < -0.39 is 15.9 Å². The Morgan fingerprint density at radius 3 is 2.27 bits per heavy atom. The molecule has 0 aromatic heterocycles. The van der Waals surface area contributed by atoms with E-state index in [0.717, 1.165) is 5.56 Å². The molecule has 0 saturated heterocycles. The van der Waals surface area contributed by atoms with Crippen molar-refractivity contribution in [3.05, 3.63) is 35.9 Å². The smallest absolute Gasteiger partial charge is 0.240 e. The zero-order chi connectivity index (χ0) is 11.1. The van der Waals surface area contributed by atoms with Gasteiger partial charge in [-0.1, -0.05) is 30.3 Å². The molecule has 1 aliphatic heterocycles. The molecular formula is C10H11NO3S. The van der Waals surface area contributed by atoms with Crippen LogP contribution in [0.3, 0.4) is 0 Å². The molecule has 0 saturated carbocycles. The number of benzene rings is 1. The second-order valence-corrected chi connectivity index (χ2v) is 5.03. The van der Waals surface area contributed by atoms with E-state index >= 15 is 0 Å². The van der Waals surface area contributed by atoms with Gasteiger partial charge in [0.25, 0.3) is 0 Å². The van der Waals surface area contributed by atoms with Crippen LogP contribution >= 0.6 is 0 Å². The second kappa shape index (κ2) is 3.15. The molecule has 0 aliphatic carbocycles. The molecule has 0 bridgehead atoms. The highest BCUT2D eigenvalue weighted by molar-refractivity contribution is 7.86. The fraction of sp³-hybridized carbons (Fsp3) is 0.300. The Bertz CT molecular complexity index is 503. The van der Waals surface area contributed by atoms with Crippen molar-refractivity contribution in [2.75, 3.05) is 0 Å². The van der Waals surface area contributed by atoms with Gasteiger partial charge in [-0.25, -0.2) is 4.18 Å². The molecule has 0 atom stereocenters. The molecule has 80 valence electrons. The maximum Gasteiger partial charge on any atom is 0.382 e. The Morgan fingerprint density at radius 2 is 1.80 bits per heavy atom. The molecule has 0 spiro atoms. The predicted molar refractivity (Wildman–Crippen MR) is 57.1 cm³/mol. The van der Waals surface area contributed by atoms with Gasteiger partial charge in [0.15, 0.2) is 0 Å². The molecular weight excluding hydrogens is 214 g/mol. The molecule has 0 fully saturated rings. The number of rotatable bonds is 1. The van der Waals surface area contributed by atoms with E-state index in [1.165, 1.54) is 0 Å². The first kappa shape index (κ1) is 10.3. The molecule has 1 heterocycles. The highest BCUT2D eigenvalue weighted by Crippen LogP contribution is 2.28. The maximum absolute atomic E-state index is 11.2. The summed E-state index contributed by atoms with van der Waals surface area (Å²) in [5, 5.41) is 0. The predicted octanol–water partition coefficient (Wildman–Crippen LogP) is 1.53. The van der Waals surface area contributed by atoms with Gasteiger partial charge in [0.05, 0.1) is 5.71 Å². The normalized spacial score (nSPS) is 22.4. The van der Waals surface area contributed by atoms with Gasteiger partial charge < -0.3 is 0 Å². The maximum atomic E-state index is 11.2. The van der Waals surface area contributed by atoms with E-state index in [-0.39, 0.29) is 0 Å². The lowest BCUT2D eigenvalue weighted by Crippen LogP contribution is -2.31. The van der Waals surface area contributed by atoms with E-state index in [9.17, 15) is 8.42 Å². The van der Waals surface area contributed by atoms with Gasteiger partial charge >= 0.3 is 10.3 Å². The van der Waals surface area contributed by atoms with Crippen molar-refractivity contribution >= 4 is 16.0 Å². The fourth-order valence-electron chi connectivity index (χ4n) is 1.54. The summed E-state index contributed by atoms with van der Waals surface area (Å²) < 4.78 is 30.9. The monoisotopic (exact) mass is 225 g/mol. The largest absolute Gasteiger partial charge is 0.382 e. The van der Waals surface area contributed by atoms with E-state index in [0.29, 0.717) is 5.71 Å². The molecule has 1 aliphatic rings. The van der Waals surface area contributed by atoms with Gasteiger partial charge in [0.2, 0.25) is 0 Å². The van der Waals surface area contributed by atoms with Crippen LogP contribution in [0.5, 0.6) is 0 Å². The fourth-order valence-corrected chi connectivity index (χ4v) is 2.73. The lowest BCUT2D eigenvalue weighted by molar-refractivity contribution is 0.203. The minimum Gasteiger partial charge on any atom is -0.240 e. The van der Waals surface area contributed by atoms with Crippen molar-refractivity contribution in [1.82, 2.24) is 0 Å². The van der Waals surface area contributed by atoms with Gasteiger partial charge in [-0.3, -0.25) is 0 Å². The summed E-state index contributed by atoms with van der Waals surface area (Å²) in [4.78, 5) is 0. The number of hydrogen-bond acceptors (Lipinski definition) is 3. The van der Waals surface area contributed by atoms with Gasteiger partial charge in [-0.15, -0.1) is 4.40 Å². The number of nitrogens with zero attached hydrogens (tertiary/aromatic N) is 1.